The maximum absolute atomic E-state index is 10.8. The molecule has 0 aromatic heterocycles. The number of nitrogens with two attached hydrogens (primary N) is 1. The molecule has 2 aliphatic heterocycles. The van der Waals surface area contributed by atoms with Crippen LogP contribution in [0, 0.1) is 0 Å². The zero-order chi connectivity index (χ0) is 9.26. The van der Waals surface area contributed by atoms with Crippen LogP contribution in [0.4, 0.5) is 0 Å². The summed E-state index contributed by atoms with van der Waals surface area (Å²) in [4.78, 5) is 16.8. The maximum atomic E-state index is 10.8. The molecular formula is C9H9N3O. The van der Waals surface area contributed by atoms with Crippen LogP contribution < -0.4 is 5.73 Å². The van der Waals surface area contributed by atoms with Gasteiger partial charge < -0.3 is 10.6 Å². The van der Waals surface area contributed by atoms with Gasteiger partial charge in [-0.15, -0.1) is 0 Å². The molecule has 0 spiro atoms. The van der Waals surface area contributed by atoms with Crippen LogP contribution >= 0.6 is 0 Å². The van der Waals surface area contributed by atoms with E-state index in [-0.39, 0.29) is 0 Å². The minimum atomic E-state index is -0.411. The molecule has 0 unspecified atom stereocenters. The average molecular weight is 175 g/mol. The van der Waals surface area contributed by atoms with Crippen molar-refractivity contribution in [2.75, 3.05) is 6.54 Å². The standard InChI is InChI=1S/C9H9N3O/c10-9(13)7-5-11-8-3-1-2-4-12(8)6-7/h1-5H,6H2,(H2,10,13). The highest BCUT2D eigenvalue weighted by Gasteiger charge is 2.17. The predicted molar refractivity (Wildman–Crippen MR) is 49.7 cm³/mol. The number of nitrogens with zero attached hydrogens (tertiary/aromatic N) is 2. The van der Waals surface area contributed by atoms with Gasteiger partial charge >= 0.3 is 0 Å². The quantitative estimate of drug-likeness (QED) is 0.616. The number of rotatable bonds is 1. The summed E-state index contributed by atoms with van der Waals surface area (Å²) >= 11 is 0. The van der Waals surface area contributed by atoms with Gasteiger partial charge in [0.15, 0.2) is 0 Å². The molecule has 2 N–H and O–H groups in total. The van der Waals surface area contributed by atoms with E-state index in [1.54, 1.807) is 0 Å². The van der Waals surface area contributed by atoms with Gasteiger partial charge in [0, 0.05) is 12.4 Å². The molecule has 13 heavy (non-hydrogen) atoms. The molecule has 2 aliphatic rings. The number of hydrogen-bond acceptors (Lipinski definition) is 3. The van der Waals surface area contributed by atoms with Crippen LogP contribution in [0.1, 0.15) is 0 Å². The Morgan fingerprint density at radius 2 is 2.38 bits per heavy atom. The molecule has 2 rings (SSSR count). The molecule has 0 saturated heterocycles. The number of carbonyl (C=O) groups excluding carboxylic acids is 1. The van der Waals surface area contributed by atoms with Crippen molar-refractivity contribution in [3.05, 3.63) is 36.2 Å². The molecule has 0 bridgehead atoms. The van der Waals surface area contributed by atoms with Crippen molar-refractivity contribution in [2.24, 2.45) is 10.7 Å². The highest BCUT2D eigenvalue weighted by atomic mass is 16.1. The number of aliphatic imine (C=N–C) groups is 1. The van der Waals surface area contributed by atoms with Crippen molar-refractivity contribution >= 4 is 11.7 Å². The van der Waals surface area contributed by atoms with E-state index in [0.29, 0.717) is 12.1 Å². The first kappa shape index (κ1) is 7.79. The van der Waals surface area contributed by atoms with E-state index in [0.717, 1.165) is 5.84 Å². The van der Waals surface area contributed by atoms with Crippen molar-refractivity contribution in [1.82, 2.24) is 4.90 Å². The van der Waals surface area contributed by atoms with Crippen molar-refractivity contribution in [3.8, 4) is 0 Å². The Kier molecular flexibility index (Phi) is 1.73. The second-order valence-electron chi connectivity index (χ2n) is 2.83. The molecule has 0 aromatic carbocycles. The van der Waals surface area contributed by atoms with Crippen LogP contribution in [0.3, 0.4) is 0 Å². The topological polar surface area (TPSA) is 58.7 Å². The Hall–Kier alpha value is -1.84. The molecule has 4 nitrogen and oxygen atoms in total. The van der Waals surface area contributed by atoms with Gasteiger partial charge in [0.25, 0.3) is 0 Å². The van der Waals surface area contributed by atoms with E-state index >= 15 is 0 Å². The molecule has 1 amide bonds. The van der Waals surface area contributed by atoms with Gasteiger partial charge in [0.05, 0.1) is 12.1 Å². The van der Waals surface area contributed by atoms with Crippen LogP contribution in [-0.4, -0.2) is 23.2 Å². The Morgan fingerprint density at radius 1 is 1.54 bits per heavy atom. The van der Waals surface area contributed by atoms with Gasteiger partial charge in [-0.2, -0.15) is 0 Å². The number of primary amides is 1. The number of amidine groups is 1. The summed E-state index contributed by atoms with van der Waals surface area (Å²) in [5.41, 5.74) is 5.67. The van der Waals surface area contributed by atoms with Gasteiger partial charge in [0.2, 0.25) is 5.91 Å². The zero-order valence-corrected chi connectivity index (χ0v) is 6.97. The van der Waals surface area contributed by atoms with Gasteiger partial charge in [0.1, 0.15) is 5.84 Å². The fourth-order valence-corrected chi connectivity index (χ4v) is 1.23. The molecule has 2 heterocycles. The molecule has 66 valence electrons. The SMILES string of the molecule is NC(=O)C1=CN=C2C=CC=CN2C1. The van der Waals surface area contributed by atoms with E-state index in [1.807, 2.05) is 29.3 Å². The lowest BCUT2D eigenvalue weighted by atomic mass is 10.2. The summed E-state index contributed by atoms with van der Waals surface area (Å²) in [5, 5.41) is 0. The first-order valence-corrected chi connectivity index (χ1v) is 3.95. The monoisotopic (exact) mass is 175 g/mol. The number of fused-ring (bicyclic) bond motifs is 1. The molecular weight excluding hydrogens is 166 g/mol. The van der Waals surface area contributed by atoms with Crippen molar-refractivity contribution in [1.29, 1.82) is 0 Å². The van der Waals surface area contributed by atoms with E-state index in [1.165, 1.54) is 6.20 Å². The molecule has 0 fully saturated rings. The second-order valence-corrected chi connectivity index (χ2v) is 2.83. The lowest BCUT2D eigenvalue weighted by Gasteiger charge is -2.25. The summed E-state index contributed by atoms with van der Waals surface area (Å²) in [7, 11) is 0. The van der Waals surface area contributed by atoms with Gasteiger partial charge in [-0.3, -0.25) is 4.79 Å². The van der Waals surface area contributed by atoms with Gasteiger partial charge in [-0.25, -0.2) is 4.99 Å². The lowest BCUT2D eigenvalue weighted by Crippen LogP contribution is -2.33. The van der Waals surface area contributed by atoms with Crippen LogP contribution in [0.25, 0.3) is 0 Å². The third kappa shape index (κ3) is 1.38. The van der Waals surface area contributed by atoms with Crippen LogP contribution in [0.15, 0.2) is 41.2 Å². The van der Waals surface area contributed by atoms with E-state index < -0.39 is 5.91 Å². The first-order chi connectivity index (χ1) is 6.27. The Balaban J connectivity index is 2.29. The molecule has 0 radical (unpaired) electrons. The third-order valence-electron chi connectivity index (χ3n) is 1.93. The fourth-order valence-electron chi connectivity index (χ4n) is 1.23. The van der Waals surface area contributed by atoms with Crippen molar-refractivity contribution in [3.63, 3.8) is 0 Å². The Bertz CT molecular complexity index is 363. The number of hydrogen-bond donors (Lipinski definition) is 1. The summed E-state index contributed by atoms with van der Waals surface area (Å²) in [6, 6.07) is 0. The van der Waals surface area contributed by atoms with Crippen molar-refractivity contribution in [2.45, 2.75) is 0 Å². The van der Waals surface area contributed by atoms with Crippen LogP contribution in [-0.2, 0) is 4.79 Å². The molecule has 0 aliphatic carbocycles. The van der Waals surface area contributed by atoms with Crippen LogP contribution in [0.2, 0.25) is 0 Å². The molecule has 0 atom stereocenters. The summed E-state index contributed by atoms with van der Waals surface area (Å²) < 4.78 is 0. The Labute approximate surface area is 75.7 Å². The highest BCUT2D eigenvalue weighted by Crippen LogP contribution is 2.11. The summed E-state index contributed by atoms with van der Waals surface area (Å²) in [6.45, 7) is 0.509. The van der Waals surface area contributed by atoms with Gasteiger partial charge in [-0.1, -0.05) is 6.08 Å². The predicted octanol–water partition coefficient (Wildman–Crippen LogP) is 0.153. The van der Waals surface area contributed by atoms with Crippen molar-refractivity contribution < 1.29 is 4.79 Å². The lowest BCUT2D eigenvalue weighted by molar-refractivity contribution is -0.114. The maximum Gasteiger partial charge on any atom is 0.248 e. The average Bonchev–Trinajstić information content (AvgIpc) is 2.17. The van der Waals surface area contributed by atoms with Gasteiger partial charge in [-0.05, 0) is 12.2 Å². The number of carbonyl (C=O) groups is 1. The summed E-state index contributed by atoms with van der Waals surface area (Å²) in [6.07, 6.45) is 9.07. The second kappa shape index (κ2) is 2.90. The number of amides is 1. The largest absolute Gasteiger partial charge is 0.366 e. The minimum absolute atomic E-state index is 0.411. The zero-order valence-electron chi connectivity index (χ0n) is 6.97. The first-order valence-electron chi connectivity index (χ1n) is 3.95. The fraction of sp³-hybridized carbons (Fsp3) is 0.111. The molecule has 4 heteroatoms. The Morgan fingerprint density at radius 3 is 3.15 bits per heavy atom. The smallest absolute Gasteiger partial charge is 0.248 e. The van der Waals surface area contributed by atoms with E-state index in [9.17, 15) is 4.79 Å². The van der Waals surface area contributed by atoms with Crippen LogP contribution in [0.5, 0.6) is 0 Å². The highest BCUT2D eigenvalue weighted by molar-refractivity contribution is 6.00. The molecule has 0 aromatic rings. The summed E-state index contributed by atoms with van der Waals surface area (Å²) in [5.74, 6) is 0.429. The number of allylic oxidation sites excluding steroid dienone is 2. The van der Waals surface area contributed by atoms with E-state index in [4.69, 9.17) is 5.73 Å². The molecule has 0 saturated carbocycles. The minimum Gasteiger partial charge on any atom is -0.366 e. The normalized spacial score (nSPS) is 19.2. The van der Waals surface area contributed by atoms with E-state index in [2.05, 4.69) is 4.99 Å². The third-order valence-corrected chi connectivity index (χ3v) is 1.93.